The molecule has 1 amide bonds. The summed E-state index contributed by atoms with van der Waals surface area (Å²) >= 11 is 0. The van der Waals surface area contributed by atoms with Gasteiger partial charge in [0.25, 0.3) is 11.6 Å². The molecule has 1 N–H and O–H groups in total. The van der Waals surface area contributed by atoms with E-state index < -0.39 is 10.9 Å². The molecule has 0 aliphatic carbocycles. The van der Waals surface area contributed by atoms with Crippen molar-refractivity contribution < 1.29 is 19.6 Å². The number of carbonyl (C=O) groups is 2. The number of nitro benzene ring substituents is 1. The number of carboxylic acid groups (broad SMARTS) is 1. The Bertz CT molecular complexity index is 879. The highest BCUT2D eigenvalue weighted by Gasteiger charge is 2.30. The molecular weight excluding hydrogens is 374 g/mol. The van der Waals surface area contributed by atoms with Crippen molar-refractivity contribution in [2.45, 2.75) is 18.9 Å². The predicted octanol–water partition coefficient (Wildman–Crippen LogP) is 2.96. The highest BCUT2D eigenvalue weighted by atomic mass is 16.6. The molecule has 1 aliphatic rings. The first-order valence-corrected chi connectivity index (χ1v) is 9.51. The lowest BCUT2D eigenvalue weighted by atomic mass is 9.99. The fourth-order valence-corrected chi connectivity index (χ4v) is 3.72. The van der Waals surface area contributed by atoms with Crippen LogP contribution in [0.25, 0.3) is 0 Å². The average molecular weight is 397 g/mol. The molecule has 1 atom stereocenters. The van der Waals surface area contributed by atoms with Gasteiger partial charge in [0.05, 0.1) is 4.92 Å². The van der Waals surface area contributed by atoms with Crippen LogP contribution in [0, 0.1) is 10.1 Å². The summed E-state index contributed by atoms with van der Waals surface area (Å²) in [4.78, 5) is 38.4. The van der Waals surface area contributed by atoms with Crippen LogP contribution in [0.1, 0.15) is 34.8 Å². The summed E-state index contributed by atoms with van der Waals surface area (Å²) in [5.74, 6) is -1.19. The summed E-state index contributed by atoms with van der Waals surface area (Å²) in [5.41, 5.74) is 0.951. The van der Waals surface area contributed by atoms with Crippen molar-refractivity contribution in [3.8, 4) is 0 Å². The number of carbonyl (C=O) groups excluding carboxylic acids is 1. The van der Waals surface area contributed by atoms with Gasteiger partial charge in [-0.2, -0.15) is 0 Å². The van der Waals surface area contributed by atoms with E-state index in [4.69, 9.17) is 5.11 Å². The van der Waals surface area contributed by atoms with Gasteiger partial charge in [-0.05, 0) is 18.1 Å². The summed E-state index contributed by atoms with van der Waals surface area (Å²) in [6.45, 7) is 2.01. The Kier molecular flexibility index (Phi) is 6.56. The largest absolute Gasteiger partial charge is 0.481 e. The number of rotatable bonds is 7. The third-order valence-electron chi connectivity index (χ3n) is 5.19. The van der Waals surface area contributed by atoms with E-state index in [9.17, 15) is 19.7 Å². The van der Waals surface area contributed by atoms with E-state index in [0.29, 0.717) is 32.6 Å². The lowest BCUT2D eigenvalue weighted by molar-refractivity contribution is -0.385. The van der Waals surface area contributed by atoms with Crippen LogP contribution in [0.4, 0.5) is 5.69 Å². The van der Waals surface area contributed by atoms with Crippen LogP contribution in [0.5, 0.6) is 0 Å². The summed E-state index contributed by atoms with van der Waals surface area (Å²) < 4.78 is 0. The molecule has 0 saturated carbocycles. The van der Waals surface area contributed by atoms with Crippen LogP contribution in [0.2, 0.25) is 0 Å². The number of hydrogen-bond donors (Lipinski definition) is 1. The highest BCUT2D eigenvalue weighted by Crippen LogP contribution is 2.28. The zero-order valence-corrected chi connectivity index (χ0v) is 15.9. The maximum absolute atomic E-state index is 12.8. The lowest BCUT2D eigenvalue weighted by Gasteiger charge is -2.39. The second-order valence-electron chi connectivity index (χ2n) is 6.96. The predicted molar refractivity (Wildman–Crippen MR) is 107 cm³/mol. The van der Waals surface area contributed by atoms with Gasteiger partial charge in [-0.1, -0.05) is 42.5 Å². The van der Waals surface area contributed by atoms with E-state index >= 15 is 0 Å². The van der Waals surface area contributed by atoms with E-state index in [1.54, 1.807) is 17.0 Å². The SMILES string of the molecule is O=C(O)CC[C@@H](c1ccccc1)N1CCN(C(=O)c2ccccc2[N+](=O)[O-])CC1. The zero-order chi connectivity index (χ0) is 20.8. The standard InChI is InChI=1S/C21H23N3O5/c25-20(26)11-10-18(16-6-2-1-3-7-16)22-12-14-23(15-13-22)21(27)17-8-4-5-9-19(17)24(28)29/h1-9,18H,10-15H2,(H,25,26)/t18-/m0/s1. The molecule has 1 fully saturated rings. The van der Waals surface area contributed by atoms with E-state index in [2.05, 4.69) is 4.90 Å². The summed E-state index contributed by atoms with van der Waals surface area (Å²) in [5, 5.41) is 20.3. The number of carboxylic acids is 1. The minimum Gasteiger partial charge on any atom is -0.481 e. The van der Waals surface area contributed by atoms with Crippen molar-refractivity contribution in [3.05, 3.63) is 75.8 Å². The maximum atomic E-state index is 12.8. The number of piperazine rings is 1. The van der Waals surface area contributed by atoms with Crippen molar-refractivity contribution >= 4 is 17.6 Å². The quantitative estimate of drug-likeness (QED) is 0.569. The molecule has 1 saturated heterocycles. The van der Waals surface area contributed by atoms with Gasteiger partial charge in [-0.15, -0.1) is 0 Å². The molecule has 29 heavy (non-hydrogen) atoms. The first-order chi connectivity index (χ1) is 14.0. The third-order valence-corrected chi connectivity index (χ3v) is 5.19. The van der Waals surface area contributed by atoms with Crippen molar-refractivity contribution in [2.24, 2.45) is 0 Å². The van der Waals surface area contributed by atoms with Gasteiger partial charge < -0.3 is 10.0 Å². The number of hydrogen-bond acceptors (Lipinski definition) is 5. The Hall–Kier alpha value is -3.26. The summed E-state index contributed by atoms with van der Waals surface area (Å²) in [7, 11) is 0. The van der Waals surface area contributed by atoms with Crippen LogP contribution < -0.4 is 0 Å². The minimum absolute atomic E-state index is 0.0457. The Morgan fingerprint density at radius 3 is 2.24 bits per heavy atom. The van der Waals surface area contributed by atoms with E-state index in [-0.39, 0.29) is 29.6 Å². The van der Waals surface area contributed by atoms with Gasteiger partial charge in [0, 0.05) is 44.7 Å². The number of aliphatic carboxylic acids is 1. The smallest absolute Gasteiger partial charge is 0.303 e. The molecule has 0 aromatic heterocycles. The zero-order valence-electron chi connectivity index (χ0n) is 15.9. The summed E-state index contributed by atoms with van der Waals surface area (Å²) in [6.07, 6.45) is 0.548. The Morgan fingerprint density at radius 2 is 1.62 bits per heavy atom. The fourth-order valence-electron chi connectivity index (χ4n) is 3.72. The first-order valence-electron chi connectivity index (χ1n) is 9.51. The van der Waals surface area contributed by atoms with Crippen LogP contribution in [0.3, 0.4) is 0 Å². The molecule has 8 heteroatoms. The van der Waals surface area contributed by atoms with Crippen LogP contribution in [-0.2, 0) is 4.79 Å². The van der Waals surface area contributed by atoms with Gasteiger partial charge in [0.1, 0.15) is 5.56 Å². The molecule has 0 bridgehead atoms. The second-order valence-corrected chi connectivity index (χ2v) is 6.96. The average Bonchev–Trinajstić information content (AvgIpc) is 2.74. The van der Waals surface area contributed by atoms with Gasteiger partial charge in [-0.3, -0.25) is 24.6 Å². The molecule has 2 aromatic rings. The molecule has 8 nitrogen and oxygen atoms in total. The van der Waals surface area contributed by atoms with Gasteiger partial charge in [0.2, 0.25) is 0 Å². The molecule has 2 aromatic carbocycles. The number of para-hydroxylation sites is 1. The van der Waals surface area contributed by atoms with Gasteiger partial charge >= 0.3 is 5.97 Å². The van der Waals surface area contributed by atoms with Gasteiger partial charge in [0.15, 0.2) is 0 Å². The molecule has 0 unspecified atom stereocenters. The number of amides is 1. The van der Waals surface area contributed by atoms with Crippen LogP contribution >= 0.6 is 0 Å². The Balaban J connectivity index is 1.70. The molecule has 1 heterocycles. The number of nitrogens with zero attached hydrogens (tertiary/aromatic N) is 3. The Labute approximate surface area is 168 Å². The minimum atomic E-state index is -0.837. The maximum Gasteiger partial charge on any atom is 0.303 e. The van der Waals surface area contributed by atoms with Crippen molar-refractivity contribution in [1.82, 2.24) is 9.80 Å². The molecule has 0 spiro atoms. The Morgan fingerprint density at radius 1 is 1.00 bits per heavy atom. The van der Waals surface area contributed by atoms with Crippen molar-refractivity contribution in [1.29, 1.82) is 0 Å². The molecule has 152 valence electrons. The highest BCUT2D eigenvalue weighted by molar-refractivity contribution is 5.98. The molecule has 0 radical (unpaired) electrons. The van der Waals surface area contributed by atoms with Crippen molar-refractivity contribution in [2.75, 3.05) is 26.2 Å². The molecular formula is C21H23N3O5. The summed E-state index contributed by atoms with van der Waals surface area (Å²) in [6, 6.07) is 15.7. The third kappa shape index (κ3) is 4.97. The normalized spacial score (nSPS) is 15.7. The number of benzene rings is 2. The van der Waals surface area contributed by atoms with Gasteiger partial charge in [-0.25, -0.2) is 0 Å². The van der Waals surface area contributed by atoms with E-state index in [1.807, 2.05) is 30.3 Å². The van der Waals surface area contributed by atoms with E-state index in [0.717, 1.165) is 5.56 Å². The van der Waals surface area contributed by atoms with Crippen molar-refractivity contribution in [3.63, 3.8) is 0 Å². The monoisotopic (exact) mass is 397 g/mol. The van der Waals surface area contributed by atoms with Crippen LogP contribution in [-0.4, -0.2) is 57.9 Å². The first kappa shape index (κ1) is 20.5. The van der Waals surface area contributed by atoms with E-state index in [1.165, 1.54) is 12.1 Å². The molecule has 1 aliphatic heterocycles. The van der Waals surface area contributed by atoms with Crippen LogP contribution in [0.15, 0.2) is 54.6 Å². The topological polar surface area (TPSA) is 104 Å². The second kappa shape index (κ2) is 9.29. The number of nitro groups is 1. The fraction of sp³-hybridized carbons (Fsp3) is 0.333. The lowest BCUT2D eigenvalue weighted by Crippen LogP contribution is -2.49. The molecule has 3 rings (SSSR count).